The lowest BCUT2D eigenvalue weighted by Gasteiger charge is -2.42. The zero-order valence-corrected chi connectivity index (χ0v) is 16.6. The zero-order chi connectivity index (χ0) is 18.4. The highest BCUT2D eigenvalue weighted by molar-refractivity contribution is 6.42. The van der Waals surface area contributed by atoms with Crippen LogP contribution < -0.4 is 0 Å². The van der Waals surface area contributed by atoms with Crippen molar-refractivity contribution >= 4 is 23.2 Å². The van der Waals surface area contributed by atoms with Crippen molar-refractivity contribution in [1.82, 2.24) is 4.90 Å². The molecular formula is C22H25Cl2NO. The maximum absolute atomic E-state index is 6.38. The van der Waals surface area contributed by atoms with Gasteiger partial charge >= 0.3 is 0 Å². The normalized spacial score (nSPS) is 17.7. The van der Waals surface area contributed by atoms with Crippen LogP contribution >= 0.6 is 23.2 Å². The fraction of sp³-hybridized carbons (Fsp3) is 0.364. The van der Waals surface area contributed by atoms with Gasteiger partial charge < -0.3 is 4.74 Å². The number of halogens is 2. The van der Waals surface area contributed by atoms with Gasteiger partial charge in [-0.05, 0) is 43.0 Å². The molecular weight excluding hydrogens is 365 g/mol. The van der Waals surface area contributed by atoms with Gasteiger partial charge in [-0.3, -0.25) is 4.90 Å². The van der Waals surface area contributed by atoms with E-state index in [9.17, 15) is 0 Å². The molecule has 0 atom stereocenters. The van der Waals surface area contributed by atoms with Crippen molar-refractivity contribution in [2.75, 3.05) is 19.7 Å². The summed E-state index contributed by atoms with van der Waals surface area (Å²) < 4.78 is 6.38. The predicted octanol–water partition coefficient (Wildman–Crippen LogP) is 6.08. The van der Waals surface area contributed by atoms with Crippen molar-refractivity contribution in [3.05, 3.63) is 81.9 Å². The average molecular weight is 390 g/mol. The molecule has 0 amide bonds. The number of hydrogen-bond acceptors (Lipinski definition) is 2. The molecule has 1 saturated heterocycles. The Morgan fingerprint density at radius 1 is 1.04 bits per heavy atom. The van der Waals surface area contributed by atoms with Crippen LogP contribution in [-0.2, 0) is 16.9 Å². The molecule has 0 bridgehead atoms. The lowest BCUT2D eigenvalue weighted by atomic mass is 9.84. The highest BCUT2D eigenvalue weighted by Crippen LogP contribution is 2.39. The summed E-state index contributed by atoms with van der Waals surface area (Å²) >= 11 is 12.4. The van der Waals surface area contributed by atoms with Gasteiger partial charge in [-0.25, -0.2) is 0 Å². The number of piperidine rings is 1. The van der Waals surface area contributed by atoms with Crippen LogP contribution in [0.25, 0.3) is 0 Å². The lowest BCUT2D eigenvalue weighted by Crippen LogP contribution is -2.44. The Kier molecular flexibility index (Phi) is 6.77. The zero-order valence-electron chi connectivity index (χ0n) is 15.1. The molecule has 0 unspecified atom stereocenters. The summed E-state index contributed by atoms with van der Waals surface area (Å²) in [6.45, 7) is 5.58. The number of rotatable bonds is 6. The Morgan fingerprint density at radius 2 is 1.77 bits per heavy atom. The number of nitrogens with zero attached hydrogens (tertiary/aromatic N) is 1. The van der Waals surface area contributed by atoms with E-state index in [1.807, 2.05) is 25.1 Å². The molecule has 0 radical (unpaired) electrons. The van der Waals surface area contributed by atoms with Crippen molar-refractivity contribution < 1.29 is 4.74 Å². The van der Waals surface area contributed by atoms with Gasteiger partial charge in [0.05, 0.1) is 22.3 Å². The van der Waals surface area contributed by atoms with Crippen LogP contribution in [0.2, 0.25) is 10.0 Å². The maximum atomic E-state index is 6.38. The van der Waals surface area contributed by atoms with E-state index in [4.69, 9.17) is 27.9 Å². The van der Waals surface area contributed by atoms with Crippen LogP contribution in [0, 0.1) is 0 Å². The molecule has 3 rings (SSSR count). The molecule has 0 N–H and O–H groups in total. The first-order valence-electron chi connectivity index (χ1n) is 9.10. The minimum Gasteiger partial charge on any atom is -0.366 e. The van der Waals surface area contributed by atoms with E-state index in [1.165, 1.54) is 5.56 Å². The fourth-order valence-electron chi connectivity index (χ4n) is 3.51. The first kappa shape index (κ1) is 19.4. The molecule has 0 aliphatic carbocycles. The Labute approximate surface area is 166 Å². The second-order valence-corrected chi connectivity index (χ2v) is 7.58. The topological polar surface area (TPSA) is 12.5 Å². The smallest absolute Gasteiger partial charge is 0.0960 e. The van der Waals surface area contributed by atoms with Gasteiger partial charge in [0, 0.05) is 19.6 Å². The van der Waals surface area contributed by atoms with Gasteiger partial charge in [0.15, 0.2) is 0 Å². The van der Waals surface area contributed by atoms with E-state index in [-0.39, 0.29) is 5.60 Å². The van der Waals surface area contributed by atoms with Gasteiger partial charge in [-0.1, -0.05) is 71.8 Å². The number of ether oxygens (including phenoxy) is 1. The largest absolute Gasteiger partial charge is 0.366 e. The van der Waals surface area contributed by atoms with E-state index >= 15 is 0 Å². The van der Waals surface area contributed by atoms with Gasteiger partial charge in [0.2, 0.25) is 0 Å². The Bertz CT molecular complexity index is 737. The standard InChI is InChI=1S/C22H25Cl2NO/c1-2-3-15-26-22(19-9-10-20(23)21(24)16-19)11-13-25(14-12-22)17-18-7-5-4-6-8-18/h2-10,16H,11-15,17H2,1H3/b3-2+. The second-order valence-electron chi connectivity index (χ2n) is 6.76. The molecule has 26 heavy (non-hydrogen) atoms. The van der Waals surface area contributed by atoms with E-state index in [0.29, 0.717) is 16.7 Å². The van der Waals surface area contributed by atoms with Crippen LogP contribution in [0.15, 0.2) is 60.7 Å². The summed E-state index contributed by atoms with van der Waals surface area (Å²) in [5, 5.41) is 1.17. The third-order valence-electron chi connectivity index (χ3n) is 5.05. The van der Waals surface area contributed by atoms with Gasteiger partial charge in [0.25, 0.3) is 0 Å². The molecule has 138 valence electrons. The SMILES string of the molecule is C/C=C/COC1(c2ccc(Cl)c(Cl)c2)CCN(Cc2ccccc2)CC1. The van der Waals surface area contributed by atoms with E-state index in [1.54, 1.807) is 0 Å². The number of likely N-dealkylation sites (tertiary alicyclic amines) is 1. The molecule has 2 aromatic carbocycles. The monoisotopic (exact) mass is 389 g/mol. The summed E-state index contributed by atoms with van der Waals surface area (Å²) in [5.74, 6) is 0. The predicted molar refractivity (Wildman–Crippen MR) is 110 cm³/mol. The Morgan fingerprint density at radius 3 is 2.42 bits per heavy atom. The Hall–Kier alpha value is -1.32. The third kappa shape index (κ3) is 4.69. The molecule has 4 heteroatoms. The number of allylic oxidation sites excluding steroid dienone is 1. The van der Waals surface area contributed by atoms with E-state index in [0.717, 1.165) is 38.0 Å². The quantitative estimate of drug-likeness (QED) is 0.555. The van der Waals surface area contributed by atoms with Crippen molar-refractivity contribution in [2.24, 2.45) is 0 Å². The molecule has 2 aromatic rings. The van der Waals surface area contributed by atoms with E-state index in [2.05, 4.69) is 47.4 Å². The van der Waals surface area contributed by atoms with Crippen LogP contribution in [0.3, 0.4) is 0 Å². The van der Waals surface area contributed by atoms with Crippen molar-refractivity contribution in [3.8, 4) is 0 Å². The van der Waals surface area contributed by atoms with Crippen molar-refractivity contribution in [2.45, 2.75) is 31.9 Å². The summed E-state index contributed by atoms with van der Waals surface area (Å²) in [6.07, 6.45) is 5.95. The number of benzene rings is 2. The highest BCUT2D eigenvalue weighted by atomic mass is 35.5. The minimum atomic E-state index is -0.305. The van der Waals surface area contributed by atoms with E-state index < -0.39 is 0 Å². The maximum Gasteiger partial charge on any atom is 0.0960 e. The molecule has 1 aliphatic heterocycles. The molecule has 0 aromatic heterocycles. The first-order chi connectivity index (χ1) is 12.6. The summed E-state index contributed by atoms with van der Waals surface area (Å²) in [5.41, 5.74) is 2.17. The van der Waals surface area contributed by atoms with Crippen LogP contribution in [0.5, 0.6) is 0 Å². The molecule has 1 heterocycles. The number of hydrogen-bond donors (Lipinski definition) is 0. The lowest BCUT2D eigenvalue weighted by molar-refractivity contribution is -0.0798. The Balaban J connectivity index is 1.74. The van der Waals surface area contributed by atoms with Gasteiger partial charge in [-0.2, -0.15) is 0 Å². The minimum absolute atomic E-state index is 0.305. The van der Waals surface area contributed by atoms with Crippen LogP contribution in [-0.4, -0.2) is 24.6 Å². The molecule has 1 fully saturated rings. The van der Waals surface area contributed by atoms with Crippen molar-refractivity contribution in [1.29, 1.82) is 0 Å². The van der Waals surface area contributed by atoms with Crippen molar-refractivity contribution in [3.63, 3.8) is 0 Å². The van der Waals surface area contributed by atoms with Gasteiger partial charge in [-0.15, -0.1) is 0 Å². The van der Waals surface area contributed by atoms with Crippen LogP contribution in [0.1, 0.15) is 30.9 Å². The van der Waals surface area contributed by atoms with Crippen LogP contribution in [0.4, 0.5) is 0 Å². The second kappa shape index (κ2) is 9.05. The summed E-state index contributed by atoms with van der Waals surface area (Å²) in [4.78, 5) is 2.49. The van der Waals surface area contributed by atoms with Gasteiger partial charge in [0.1, 0.15) is 0 Å². The average Bonchev–Trinajstić information content (AvgIpc) is 2.66. The first-order valence-corrected chi connectivity index (χ1v) is 9.85. The molecule has 0 saturated carbocycles. The fourth-order valence-corrected chi connectivity index (χ4v) is 3.81. The molecule has 0 spiro atoms. The summed E-state index contributed by atoms with van der Waals surface area (Å²) in [7, 11) is 0. The highest BCUT2D eigenvalue weighted by Gasteiger charge is 2.37. The molecule has 2 nitrogen and oxygen atoms in total. The summed E-state index contributed by atoms with van der Waals surface area (Å²) in [6, 6.07) is 16.5. The molecule has 1 aliphatic rings. The third-order valence-corrected chi connectivity index (χ3v) is 5.79.